The molecule has 0 fully saturated rings. The Morgan fingerprint density at radius 2 is 2.00 bits per heavy atom. The van der Waals surface area contributed by atoms with Crippen molar-refractivity contribution < 1.29 is 4.79 Å². The van der Waals surface area contributed by atoms with Crippen molar-refractivity contribution in [3.05, 3.63) is 72.2 Å². The number of benzene rings is 1. The van der Waals surface area contributed by atoms with Crippen LogP contribution in [0.3, 0.4) is 0 Å². The molecule has 0 saturated carbocycles. The van der Waals surface area contributed by atoms with E-state index in [-0.39, 0.29) is 5.91 Å². The normalized spacial score (nSPS) is 11.0. The van der Waals surface area contributed by atoms with Crippen LogP contribution in [0, 0.1) is 0 Å². The van der Waals surface area contributed by atoms with Crippen molar-refractivity contribution in [2.24, 2.45) is 0 Å². The molecule has 5 nitrogen and oxygen atoms in total. The monoisotopic (exact) mass is 278 g/mol. The number of amides is 1. The SMILES string of the molecule is O=C(C=Cc1ccccc1)NCc1cccc2ncnn12. The van der Waals surface area contributed by atoms with Crippen molar-refractivity contribution in [3.63, 3.8) is 0 Å². The molecule has 0 aliphatic rings. The van der Waals surface area contributed by atoms with Gasteiger partial charge in [-0.3, -0.25) is 4.79 Å². The minimum Gasteiger partial charge on any atom is -0.347 e. The van der Waals surface area contributed by atoms with Gasteiger partial charge in [0.25, 0.3) is 0 Å². The summed E-state index contributed by atoms with van der Waals surface area (Å²) in [5.74, 6) is -0.143. The molecule has 0 atom stereocenters. The van der Waals surface area contributed by atoms with Crippen LogP contribution < -0.4 is 5.32 Å². The van der Waals surface area contributed by atoms with E-state index < -0.39 is 0 Å². The molecule has 3 rings (SSSR count). The summed E-state index contributed by atoms with van der Waals surface area (Å²) in [5, 5.41) is 6.96. The maximum atomic E-state index is 11.8. The van der Waals surface area contributed by atoms with Crippen LogP contribution in [0.2, 0.25) is 0 Å². The highest BCUT2D eigenvalue weighted by Crippen LogP contribution is 2.04. The minimum absolute atomic E-state index is 0.143. The summed E-state index contributed by atoms with van der Waals surface area (Å²) in [6.45, 7) is 0.401. The average molecular weight is 278 g/mol. The van der Waals surface area contributed by atoms with Gasteiger partial charge < -0.3 is 5.32 Å². The molecule has 0 unspecified atom stereocenters. The van der Waals surface area contributed by atoms with Crippen molar-refractivity contribution in [2.45, 2.75) is 6.54 Å². The molecule has 3 aromatic rings. The number of carbonyl (C=O) groups is 1. The molecule has 2 heterocycles. The lowest BCUT2D eigenvalue weighted by atomic mass is 10.2. The van der Waals surface area contributed by atoms with E-state index in [4.69, 9.17) is 0 Å². The summed E-state index contributed by atoms with van der Waals surface area (Å²) in [6, 6.07) is 15.4. The van der Waals surface area contributed by atoms with Crippen LogP contribution in [0.1, 0.15) is 11.3 Å². The lowest BCUT2D eigenvalue weighted by Gasteiger charge is -2.04. The van der Waals surface area contributed by atoms with Gasteiger partial charge in [-0.1, -0.05) is 36.4 Å². The fourth-order valence-corrected chi connectivity index (χ4v) is 2.01. The summed E-state index contributed by atoms with van der Waals surface area (Å²) in [7, 11) is 0. The number of pyridine rings is 1. The molecule has 1 N–H and O–H groups in total. The molecule has 0 saturated heterocycles. The highest BCUT2D eigenvalue weighted by molar-refractivity contribution is 5.91. The molecule has 104 valence electrons. The van der Waals surface area contributed by atoms with E-state index >= 15 is 0 Å². The molecule has 0 bridgehead atoms. The maximum Gasteiger partial charge on any atom is 0.244 e. The van der Waals surface area contributed by atoms with E-state index in [9.17, 15) is 4.79 Å². The second-order valence-corrected chi connectivity index (χ2v) is 4.51. The quantitative estimate of drug-likeness (QED) is 0.743. The second-order valence-electron chi connectivity index (χ2n) is 4.51. The first-order chi connectivity index (χ1) is 10.3. The van der Waals surface area contributed by atoms with Gasteiger partial charge >= 0.3 is 0 Å². The number of rotatable bonds is 4. The summed E-state index contributed by atoms with van der Waals surface area (Å²) >= 11 is 0. The Morgan fingerprint density at radius 1 is 1.14 bits per heavy atom. The number of hydrogen-bond donors (Lipinski definition) is 1. The molecular formula is C16H14N4O. The summed E-state index contributed by atoms with van der Waals surface area (Å²) in [6.07, 6.45) is 4.80. The summed E-state index contributed by atoms with van der Waals surface area (Å²) in [4.78, 5) is 15.9. The van der Waals surface area contributed by atoms with Gasteiger partial charge in [0.2, 0.25) is 5.91 Å². The Morgan fingerprint density at radius 3 is 2.86 bits per heavy atom. The van der Waals surface area contributed by atoms with E-state index in [1.54, 1.807) is 10.6 Å². The topological polar surface area (TPSA) is 59.3 Å². The predicted molar refractivity (Wildman–Crippen MR) is 80.3 cm³/mol. The van der Waals surface area contributed by atoms with E-state index in [0.29, 0.717) is 6.54 Å². The lowest BCUT2D eigenvalue weighted by molar-refractivity contribution is -0.116. The predicted octanol–water partition coefficient (Wildman–Crippen LogP) is 2.06. The number of nitrogens with one attached hydrogen (secondary N) is 1. The van der Waals surface area contributed by atoms with Crippen LogP contribution in [-0.4, -0.2) is 20.5 Å². The third-order valence-electron chi connectivity index (χ3n) is 3.05. The molecule has 1 amide bonds. The van der Waals surface area contributed by atoms with E-state index in [1.807, 2.05) is 48.5 Å². The second kappa shape index (κ2) is 6.00. The van der Waals surface area contributed by atoms with Gasteiger partial charge in [-0.05, 0) is 23.8 Å². The largest absolute Gasteiger partial charge is 0.347 e. The van der Waals surface area contributed by atoms with E-state index in [2.05, 4.69) is 15.4 Å². The zero-order valence-corrected chi connectivity index (χ0v) is 11.3. The van der Waals surface area contributed by atoms with Crippen LogP contribution >= 0.6 is 0 Å². The van der Waals surface area contributed by atoms with Crippen molar-refractivity contribution in [1.29, 1.82) is 0 Å². The first-order valence-corrected chi connectivity index (χ1v) is 6.61. The molecule has 1 aromatic carbocycles. The molecule has 2 aromatic heterocycles. The van der Waals surface area contributed by atoms with Gasteiger partial charge in [0, 0.05) is 6.08 Å². The maximum absolute atomic E-state index is 11.8. The summed E-state index contributed by atoms with van der Waals surface area (Å²) < 4.78 is 1.71. The van der Waals surface area contributed by atoms with Crippen LogP contribution in [0.5, 0.6) is 0 Å². The van der Waals surface area contributed by atoms with Crippen molar-refractivity contribution >= 4 is 17.6 Å². The number of carbonyl (C=O) groups excluding carboxylic acids is 1. The molecule has 5 heteroatoms. The first-order valence-electron chi connectivity index (χ1n) is 6.61. The molecule has 0 aliphatic carbocycles. The van der Waals surface area contributed by atoms with Crippen molar-refractivity contribution in [2.75, 3.05) is 0 Å². The Hall–Kier alpha value is -2.95. The van der Waals surface area contributed by atoms with Gasteiger partial charge in [0.05, 0.1) is 12.2 Å². The molecule has 0 radical (unpaired) electrons. The smallest absolute Gasteiger partial charge is 0.244 e. The lowest BCUT2D eigenvalue weighted by Crippen LogP contribution is -2.21. The highest BCUT2D eigenvalue weighted by Gasteiger charge is 2.02. The highest BCUT2D eigenvalue weighted by atomic mass is 16.1. The van der Waals surface area contributed by atoms with Gasteiger partial charge in [0.1, 0.15) is 6.33 Å². The molecule has 21 heavy (non-hydrogen) atoms. The van der Waals surface area contributed by atoms with E-state index in [0.717, 1.165) is 16.9 Å². The number of aromatic nitrogens is 3. The molecular weight excluding hydrogens is 264 g/mol. The Bertz CT molecular complexity index is 777. The van der Waals surface area contributed by atoms with Gasteiger partial charge in [-0.25, -0.2) is 9.50 Å². The van der Waals surface area contributed by atoms with Gasteiger partial charge in [0.15, 0.2) is 5.65 Å². The third-order valence-corrected chi connectivity index (χ3v) is 3.05. The zero-order chi connectivity index (χ0) is 14.5. The van der Waals surface area contributed by atoms with Gasteiger partial charge in [-0.15, -0.1) is 0 Å². The van der Waals surface area contributed by atoms with E-state index in [1.165, 1.54) is 12.4 Å². The number of nitrogens with zero attached hydrogens (tertiary/aromatic N) is 3. The van der Waals surface area contributed by atoms with Crippen LogP contribution in [-0.2, 0) is 11.3 Å². The minimum atomic E-state index is -0.143. The molecule has 0 aliphatic heterocycles. The average Bonchev–Trinajstić information content (AvgIpc) is 3.01. The van der Waals surface area contributed by atoms with Crippen LogP contribution in [0.25, 0.3) is 11.7 Å². The third kappa shape index (κ3) is 3.14. The number of hydrogen-bond acceptors (Lipinski definition) is 3. The fraction of sp³-hybridized carbons (Fsp3) is 0.0625. The fourth-order valence-electron chi connectivity index (χ4n) is 2.01. The molecule has 0 spiro atoms. The Balaban J connectivity index is 1.64. The Kier molecular flexibility index (Phi) is 3.73. The first kappa shape index (κ1) is 13.1. The van der Waals surface area contributed by atoms with Crippen molar-refractivity contribution in [3.8, 4) is 0 Å². The zero-order valence-electron chi connectivity index (χ0n) is 11.3. The van der Waals surface area contributed by atoms with Crippen molar-refractivity contribution in [1.82, 2.24) is 19.9 Å². The van der Waals surface area contributed by atoms with Crippen LogP contribution in [0.15, 0.2) is 60.9 Å². The number of fused-ring (bicyclic) bond motifs is 1. The standard InChI is InChI=1S/C16H14N4O/c21-16(10-9-13-5-2-1-3-6-13)17-11-14-7-4-8-15-18-12-19-20(14)15/h1-10,12H,11H2,(H,17,21). The Labute approximate surface area is 121 Å². The summed E-state index contributed by atoms with van der Waals surface area (Å²) in [5.41, 5.74) is 2.64. The van der Waals surface area contributed by atoms with Gasteiger partial charge in [-0.2, -0.15) is 5.10 Å². The van der Waals surface area contributed by atoms with Crippen LogP contribution in [0.4, 0.5) is 0 Å².